The first-order chi connectivity index (χ1) is 6.52. The SMILES string of the molecule is CN(C)C(=O)c1cccn1CC(=O)O. The molecule has 1 heterocycles. The molecule has 1 aromatic rings. The van der Waals surface area contributed by atoms with Crippen molar-refractivity contribution in [3.05, 3.63) is 24.0 Å². The topological polar surface area (TPSA) is 62.5 Å². The number of rotatable bonds is 3. The zero-order valence-electron chi connectivity index (χ0n) is 8.10. The normalized spacial score (nSPS) is 9.86. The van der Waals surface area contributed by atoms with E-state index in [2.05, 4.69) is 0 Å². The van der Waals surface area contributed by atoms with Gasteiger partial charge in [0, 0.05) is 20.3 Å². The summed E-state index contributed by atoms with van der Waals surface area (Å²) in [6, 6.07) is 3.25. The molecule has 0 radical (unpaired) electrons. The van der Waals surface area contributed by atoms with E-state index in [9.17, 15) is 9.59 Å². The van der Waals surface area contributed by atoms with Crippen LogP contribution in [0.15, 0.2) is 18.3 Å². The molecule has 5 heteroatoms. The van der Waals surface area contributed by atoms with E-state index in [0.29, 0.717) is 5.69 Å². The molecule has 0 fully saturated rings. The summed E-state index contributed by atoms with van der Waals surface area (Å²) >= 11 is 0. The molecular formula is C9H12N2O3. The quantitative estimate of drug-likeness (QED) is 0.755. The highest BCUT2D eigenvalue weighted by atomic mass is 16.4. The van der Waals surface area contributed by atoms with Crippen LogP contribution in [0.4, 0.5) is 0 Å². The van der Waals surface area contributed by atoms with Crippen molar-refractivity contribution < 1.29 is 14.7 Å². The third-order valence-corrected chi connectivity index (χ3v) is 1.76. The molecule has 14 heavy (non-hydrogen) atoms. The highest BCUT2D eigenvalue weighted by molar-refractivity contribution is 5.92. The van der Waals surface area contributed by atoms with E-state index in [1.165, 1.54) is 9.47 Å². The summed E-state index contributed by atoms with van der Waals surface area (Å²) in [5.74, 6) is -1.16. The van der Waals surface area contributed by atoms with E-state index in [-0.39, 0.29) is 12.5 Å². The fourth-order valence-electron chi connectivity index (χ4n) is 1.12. The van der Waals surface area contributed by atoms with Crippen LogP contribution in [0.25, 0.3) is 0 Å². The summed E-state index contributed by atoms with van der Waals surface area (Å²) < 4.78 is 1.41. The van der Waals surface area contributed by atoms with Crippen LogP contribution in [-0.2, 0) is 11.3 Å². The maximum Gasteiger partial charge on any atom is 0.323 e. The van der Waals surface area contributed by atoms with Crippen LogP contribution in [0.1, 0.15) is 10.5 Å². The number of carboxylic acid groups (broad SMARTS) is 1. The smallest absolute Gasteiger partial charge is 0.323 e. The minimum absolute atomic E-state index is 0.193. The molecule has 0 saturated heterocycles. The zero-order chi connectivity index (χ0) is 10.7. The number of nitrogens with zero attached hydrogens (tertiary/aromatic N) is 2. The van der Waals surface area contributed by atoms with E-state index < -0.39 is 5.97 Å². The van der Waals surface area contributed by atoms with Crippen LogP contribution in [0.2, 0.25) is 0 Å². The lowest BCUT2D eigenvalue weighted by molar-refractivity contribution is -0.137. The second-order valence-corrected chi connectivity index (χ2v) is 3.11. The molecule has 0 aliphatic rings. The Kier molecular flexibility index (Phi) is 2.91. The van der Waals surface area contributed by atoms with Crippen LogP contribution in [-0.4, -0.2) is 40.5 Å². The Morgan fingerprint density at radius 2 is 2.14 bits per heavy atom. The van der Waals surface area contributed by atoms with Gasteiger partial charge < -0.3 is 14.6 Å². The van der Waals surface area contributed by atoms with Gasteiger partial charge in [0.15, 0.2) is 0 Å². The molecule has 0 aliphatic carbocycles. The van der Waals surface area contributed by atoms with Gasteiger partial charge in [-0.05, 0) is 12.1 Å². The Bertz CT molecular complexity index is 355. The number of aliphatic carboxylic acids is 1. The number of amides is 1. The molecule has 76 valence electrons. The van der Waals surface area contributed by atoms with Gasteiger partial charge in [0.2, 0.25) is 0 Å². The maximum atomic E-state index is 11.5. The lowest BCUT2D eigenvalue weighted by atomic mass is 10.4. The molecule has 0 saturated carbocycles. The highest BCUT2D eigenvalue weighted by Gasteiger charge is 2.13. The van der Waals surface area contributed by atoms with Crippen LogP contribution in [0.5, 0.6) is 0 Å². The molecule has 0 spiro atoms. The van der Waals surface area contributed by atoms with Crippen molar-refractivity contribution in [3.8, 4) is 0 Å². The van der Waals surface area contributed by atoms with E-state index >= 15 is 0 Å². The van der Waals surface area contributed by atoms with Crippen molar-refractivity contribution >= 4 is 11.9 Å². The molecule has 0 aromatic carbocycles. The van der Waals surface area contributed by atoms with Crippen molar-refractivity contribution in [1.82, 2.24) is 9.47 Å². The van der Waals surface area contributed by atoms with Gasteiger partial charge in [0.05, 0.1) is 0 Å². The lowest BCUT2D eigenvalue weighted by Crippen LogP contribution is -2.25. The predicted molar refractivity (Wildman–Crippen MR) is 50.1 cm³/mol. The third-order valence-electron chi connectivity index (χ3n) is 1.76. The second-order valence-electron chi connectivity index (χ2n) is 3.11. The van der Waals surface area contributed by atoms with Crippen molar-refractivity contribution in [2.24, 2.45) is 0 Å². The van der Waals surface area contributed by atoms with Crippen molar-refractivity contribution in [2.45, 2.75) is 6.54 Å². The Balaban J connectivity index is 2.92. The Hall–Kier alpha value is -1.78. The van der Waals surface area contributed by atoms with Crippen molar-refractivity contribution in [2.75, 3.05) is 14.1 Å². The first kappa shape index (κ1) is 10.3. The molecule has 5 nitrogen and oxygen atoms in total. The molecular weight excluding hydrogens is 184 g/mol. The number of carbonyl (C=O) groups is 2. The van der Waals surface area contributed by atoms with Gasteiger partial charge in [-0.2, -0.15) is 0 Å². The zero-order valence-corrected chi connectivity index (χ0v) is 8.10. The van der Waals surface area contributed by atoms with Crippen LogP contribution in [0.3, 0.4) is 0 Å². The van der Waals surface area contributed by atoms with E-state index in [0.717, 1.165) is 0 Å². The Labute approximate surface area is 81.6 Å². The number of hydrogen-bond acceptors (Lipinski definition) is 2. The minimum Gasteiger partial charge on any atom is -0.480 e. The van der Waals surface area contributed by atoms with Crippen LogP contribution >= 0.6 is 0 Å². The summed E-state index contributed by atoms with van der Waals surface area (Å²) in [7, 11) is 3.25. The van der Waals surface area contributed by atoms with Gasteiger partial charge in [0.25, 0.3) is 5.91 Å². The van der Waals surface area contributed by atoms with Gasteiger partial charge in [-0.15, -0.1) is 0 Å². The van der Waals surface area contributed by atoms with Crippen LogP contribution < -0.4 is 0 Å². The molecule has 0 unspecified atom stereocenters. The molecule has 0 atom stereocenters. The maximum absolute atomic E-state index is 11.5. The van der Waals surface area contributed by atoms with Gasteiger partial charge in [-0.1, -0.05) is 0 Å². The second kappa shape index (κ2) is 3.95. The first-order valence-electron chi connectivity index (χ1n) is 4.11. The molecule has 1 rings (SSSR count). The van der Waals surface area contributed by atoms with E-state index in [1.54, 1.807) is 32.4 Å². The average molecular weight is 196 g/mol. The largest absolute Gasteiger partial charge is 0.480 e. The monoisotopic (exact) mass is 196 g/mol. The average Bonchev–Trinajstić information content (AvgIpc) is 2.49. The van der Waals surface area contributed by atoms with E-state index in [4.69, 9.17) is 5.11 Å². The number of hydrogen-bond donors (Lipinski definition) is 1. The van der Waals surface area contributed by atoms with Gasteiger partial charge in [-0.3, -0.25) is 9.59 Å². The summed E-state index contributed by atoms with van der Waals surface area (Å²) in [6.07, 6.45) is 1.57. The third kappa shape index (κ3) is 2.12. The summed E-state index contributed by atoms with van der Waals surface area (Å²) in [5, 5.41) is 8.58. The standard InChI is InChI=1S/C9H12N2O3/c1-10(2)9(14)7-4-3-5-11(7)6-8(12)13/h3-5H,6H2,1-2H3,(H,12,13). The van der Waals surface area contributed by atoms with Gasteiger partial charge in [-0.25, -0.2) is 0 Å². The van der Waals surface area contributed by atoms with Gasteiger partial charge >= 0.3 is 5.97 Å². The lowest BCUT2D eigenvalue weighted by Gasteiger charge is -2.11. The minimum atomic E-state index is -0.964. The Morgan fingerprint density at radius 1 is 1.50 bits per heavy atom. The molecule has 1 aromatic heterocycles. The summed E-state index contributed by atoms with van der Waals surface area (Å²) in [6.45, 7) is -0.193. The van der Waals surface area contributed by atoms with E-state index in [1.807, 2.05) is 0 Å². The first-order valence-corrected chi connectivity index (χ1v) is 4.11. The van der Waals surface area contributed by atoms with Crippen molar-refractivity contribution in [1.29, 1.82) is 0 Å². The molecule has 0 aliphatic heterocycles. The fourth-order valence-corrected chi connectivity index (χ4v) is 1.12. The number of carbonyl (C=O) groups excluding carboxylic acids is 1. The molecule has 0 bridgehead atoms. The van der Waals surface area contributed by atoms with Gasteiger partial charge in [0.1, 0.15) is 12.2 Å². The summed E-state index contributed by atoms with van der Waals surface area (Å²) in [5.41, 5.74) is 0.386. The fraction of sp³-hybridized carbons (Fsp3) is 0.333. The van der Waals surface area contributed by atoms with Crippen LogP contribution in [0, 0.1) is 0 Å². The molecule has 1 N–H and O–H groups in total. The van der Waals surface area contributed by atoms with Crippen molar-refractivity contribution in [3.63, 3.8) is 0 Å². The summed E-state index contributed by atoms with van der Waals surface area (Å²) in [4.78, 5) is 23.4. The highest BCUT2D eigenvalue weighted by Crippen LogP contribution is 2.04. The Morgan fingerprint density at radius 3 is 2.64 bits per heavy atom. The molecule has 1 amide bonds. The number of carboxylic acids is 1. The predicted octanol–water partition coefficient (Wildman–Crippen LogP) is 0.274. The number of aromatic nitrogens is 1.